The van der Waals surface area contributed by atoms with E-state index in [0.717, 1.165) is 0 Å². The van der Waals surface area contributed by atoms with Crippen molar-refractivity contribution in [2.75, 3.05) is 13.2 Å². The van der Waals surface area contributed by atoms with Crippen molar-refractivity contribution in [3.63, 3.8) is 0 Å². The Morgan fingerprint density at radius 3 is 1.69 bits per heavy atom. The molecule has 0 radical (unpaired) electrons. The summed E-state index contributed by atoms with van der Waals surface area (Å²) in [5.41, 5.74) is 5.73. The van der Waals surface area contributed by atoms with Gasteiger partial charge in [0.1, 0.15) is 7.85 Å². The van der Waals surface area contributed by atoms with Gasteiger partial charge in [0, 0.05) is 0 Å². The Morgan fingerprint density at radius 1 is 0.611 bits per heavy atom. The summed E-state index contributed by atoms with van der Waals surface area (Å²) in [6.45, 7) is 5.97. The molecule has 0 N–H and O–H groups in total. The fraction of sp³-hybridized carbons (Fsp3) is 0.562. The molecule has 0 amide bonds. The van der Waals surface area contributed by atoms with E-state index in [1.165, 1.54) is 122 Å². The lowest BCUT2D eigenvalue weighted by Crippen LogP contribution is -2.31. The van der Waals surface area contributed by atoms with Crippen molar-refractivity contribution in [1.29, 1.82) is 0 Å². The summed E-state index contributed by atoms with van der Waals surface area (Å²) >= 11 is 0. The Hall–Kier alpha value is -1.77. The highest BCUT2D eigenvalue weighted by Gasteiger charge is 2.27. The van der Waals surface area contributed by atoms with Crippen LogP contribution in [0.1, 0.15) is 102 Å². The zero-order valence-electron chi connectivity index (χ0n) is 23.2. The zero-order valence-corrected chi connectivity index (χ0v) is 23.2. The van der Waals surface area contributed by atoms with Gasteiger partial charge in [-0.05, 0) is 63.8 Å². The summed E-state index contributed by atoms with van der Waals surface area (Å²) in [6.07, 6.45) is 18.4. The normalized spacial score (nSPS) is 13.9. The van der Waals surface area contributed by atoms with Gasteiger partial charge in [-0.1, -0.05) is 120 Å². The molecule has 2 nitrogen and oxygen atoms in total. The molecule has 0 aromatic heterocycles. The second-order valence-electron chi connectivity index (χ2n) is 10.9. The molecule has 1 saturated heterocycles. The van der Waals surface area contributed by atoms with Gasteiger partial charge in [-0.3, -0.25) is 0 Å². The molecule has 0 spiro atoms. The Labute approximate surface area is 221 Å². The van der Waals surface area contributed by atoms with E-state index in [9.17, 15) is 0 Å². The van der Waals surface area contributed by atoms with Crippen molar-refractivity contribution < 1.29 is 9.31 Å². The summed E-state index contributed by atoms with van der Waals surface area (Å²) in [5.74, 6) is 0. The van der Waals surface area contributed by atoms with Crippen molar-refractivity contribution in [2.24, 2.45) is 0 Å². The van der Waals surface area contributed by atoms with Gasteiger partial charge in [-0.15, -0.1) is 0 Å². The molecule has 0 aliphatic carbocycles. The molecule has 1 fully saturated rings. The second kappa shape index (κ2) is 14.2. The van der Waals surface area contributed by atoms with Crippen LogP contribution < -0.4 is 10.9 Å². The predicted molar refractivity (Wildman–Crippen MR) is 161 cm³/mol. The van der Waals surface area contributed by atoms with Crippen molar-refractivity contribution in [1.82, 2.24) is 0 Å². The molecule has 36 heavy (non-hydrogen) atoms. The van der Waals surface area contributed by atoms with E-state index in [0.29, 0.717) is 13.2 Å². The van der Waals surface area contributed by atoms with Crippen LogP contribution >= 0.6 is 0 Å². The minimum absolute atomic E-state index is 0.216. The number of hydrogen-bond donors (Lipinski definition) is 0. The quantitative estimate of drug-likeness (QED) is 0.134. The topological polar surface area (TPSA) is 18.5 Å². The first-order valence-corrected chi connectivity index (χ1v) is 14.9. The van der Waals surface area contributed by atoms with Crippen LogP contribution in [0.2, 0.25) is 0 Å². The van der Waals surface area contributed by atoms with Gasteiger partial charge in [0.05, 0.1) is 13.2 Å². The summed E-state index contributed by atoms with van der Waals surface area (Å²) in [7, 11) is 2.02. The molecule has 0 bridgehead atoms. The molecule has 3 aromatic carbocycles. The molecule has 4 rings (SSSR count). The van der Waals surface area contributed by atoms with E-state index in [1.807, 2.05) is 0 Å². The summed E-state index contributed by atoms with van der Waals surface area (Å²) in [6, 6.07) is 14.0. The van der Waals surface area contributed by atoms with Crippen molar-refractivity contribution in [2.45, 2.75) is 104 Å². The van der Waals surface area contributed by atoms with Crippen LogP contribution in [0, 0.1) is 0 Å². The highest BCUT2D eigenvalue weighted by molar-refractivity contribution is 6.62. The van der Waals surface area contributed by atoms with Crippen LogP contribution in [0.3, 0.4) is 0 Å². The lowest BCUT2D eigenvalue weighted by molar-refractivity contribution is 0.365. The van der Waals surface area contributed by atoms with Crippen LogP contribution in [0.4, 0.5) is 0 Å². The zero-order chi connectivity index (χ0) is 25.2. The van der Waals surface area contributed by atoms with Crippen LogP contribution in [-0.2, 0) is 22.2 Å². The Balaban J connectivity index is 1.70. The Kier molecular flexibility index (Phi) is 10.8. The fourth-order valence-corrected chi connectivity index (χ4v) is 5.95. The molecule has 192 valence electrons. The average molecular weight is 484 g/mol. The molecular formula is C32H46B2O2. The smallest absolute Gasteiger partial charge is 0.405 e. The largest absolute Gasteiger partial charge is 0.494 e. The first-order chi connectivity index (χ1) is 17.7. The fourth-order valence-electron chi connectivity index (χ4n) is 5.95. The molecule has 1 aliphatic heterocycles. The monoisotopic (exact) mass is 484 g/mol. The molecule has 3 aromatic rings. The number of benzene rings is 3. The standard InChI is InChI=1S/C32H46B2O2/c1-3-5-7-9-11-13-15-27-28(16-14-12-10-8-6-4-2)32-24-26(34-35-21-22-36-34)18-20-30(32)29-19-17-25(33)23-31(27)29/h17-20,23-24H,3-16,21-22,33H2,1-2H3. The minimum Gasteiger partial charge on any atom is -0.405 e. The highest BCUT2D eigenvalue weighted by Crippen LogP contribution is 2.35. The molecule has 0 atom stereocenters. The number of fused-ring (bicyclic) bond motifs is 3. The van der Waals surface area contributed by atoms with E-state index in [-0.39, 0.29) is 7.12 Å². The molecule has 1 heterocycles. The number of unbranched alkanes of at least 4 members (excludes halogenated alkanes) is 10. The third-order valence-corrected chi connectivity index (χ3v) is 7.98. The third-order valence-electron chi connectivity index (χ3n) is 7.98. The van der Waals surface area contributed by atoms with Gasteiger partial charge < -0.3 is 9.31 Å². The second-order valence-corrected chi connectivity index (χ2v) is 10.9. The summed E-state index contributed by atoms with van der Waals surface area (Å²) < 4.78 is 11.8. The average Bonchev–Trinajstić information content (AvgIpc) is 3.43. The minimum atomic E-state index is -0.216. The maximum Gasteiger partial charge on any atom is 0.494 e. The maximum atomic E-state index is 5.89. The third kappa shape index (κ3) is 6.95. The van der Waals surface area contributed by atoms with Gasteiger partial charge in [-0.25, -0.2) is 0 Å². The maximum absolute atomic E-state index is 5.89. The van der Waals surface area contributed by atoms with Gasteiger partial charge >= 0.3 is 7.12 Å². The number of aryl methyl sites for hydroxylation is 2. The van der Waals surface area contributed by atoms with E-state index in [1.54, 1.807) is 11.1 Å². The van der Waals surface area contributed by atoms with Crippen LogP contribution in [0.5, 0.6) is 0 Å². The number of rotatable bonds is 15. The summed E-state index contributed by atoms with van der Waals surface area (Å²) in [5, 5.41) is 5.71. The molecule has 1 aliphatic rings. The molecule has 4 heteroatoms. The van der Waals surface area contributed by atoms with Crippen molar-refractivity contribution in [3.8, 4) is 0 Å². The molecule has 0 saturated carbocycles. The predicted octanol–water partition coefficient (Wildman–Crippen LogP) is 6.80. The first kappa shape index (κ1) is 27.3. The van der Waals surface area contributed by atoms with Crippen molar-refractivity contribution >= 4 is 47.4 Å². The van der Waals surface area contributed by atoms with E-state index in [4.69, 9.17) is 9.31 Å². The molecular weight excluding hydrogens is 438 g/mol. The van der Waals surface area contributed by atoms with Crippen molar-refractivity contribution in [3.05, 3.63) is 47.5 Å². The van der Waals surface area contributed by atoms with E-state index < -0.39 is 0 Å². The van der Waals surface area contributed by atoms with Crippen LogP contribution in [-0.4, -0.2) is 28.2 Å². The summed E-state index contributed by atoms with van der Waals surface area (Å²) in [4.78, 5) is 0. The van der Waals surface area contributed by atoms with Crippen LogP contribution in [0.15, 0.2) is 36.4 Å². The first-order valence-electron chi connectivity index (χ1n) is 14.9. The highest BCUT2D eigenvalue weighted by atomic mass is 16.6. The lowest BCUT2D eigenvalue weighted by Gasteiger charge is -2.20. The van der Waals surface area contributed by atoms with E-state index in [2.05, 4.69) is 58.1 Å². The Bertz CT molecular complexity index is 1100. The van der Waals surface area contributed by atoms with Gasteiger partial charge in [0.25, 0.3) is 0 Å². The van der Waals surface area contributed by atoms with E-state index >= 15 is 0 Å². The molecule has 0 unspecified atom stereocenters. The van der Waals surface area contributed by atoms with Gasteiger partial charge in [-0.2, -0.15) is 0 Å². The van der Waals surface area contributed by atoms with Gasteiger partial charge in [0.15, 0.2) is 0 Å². The number of hydrogen-bond acceptors (Lipinski definition) is 2. The van der Waals surface area contributed by atoms with Crippen LogP contribution in [0.25, 0.3) is 21.5 Å². The Morgan fingerprint density at radius 2 is 1.11 bits per heavy atom. The van der Waals surface area contributed by atoms with Gasteiger partial charge in [0.2, 0.25) is 0 Å². The lowest BCUT2D eigenvalue weighted by atomic mass is 9.76. The SMILES string of the molecule is Bc1ccc2c(c1)c(CCCCCCCC)c(CCCCCCCC)c1cc(B3OCCO3)ccc12.